The number of rotatable bonds is 1. The summed E-state index contributed by atoms with van der Waals surface area (Å²) >= 11 is 3.74. The molecule has 1 saturated heterocycles. The number of fused-ring (bicyclic) bond motifs is 1. The fraction of sp³-hybridized carbons (Fsp3) is 0.588. The third-order valence-corrected chi connectivity index (χ3v) is 5.76. The lowest BCUT2D eigenvalue weighted by Gasteiger charge is -2.44. The molecule has 0 unspecified atom stereocenters. The Hall–Kier alpha value is -1.07. The minimum Gasteiger partial charge on any atom is -0.367 e. The van der Waals surface area contributed by atoms with E-state index in [4.69, 9.17) is 0 Å². The van der Waals surface area contributed by atoms with E-state index < -0.39 is 0 Å². The topological polar surface area (TPSA) is 26.8 Å². The van der Waals surface area contributed by atoms with E-state index in [1.165, 1.54) is 11.3 Å². The van der Waals surface area contributed by atoms with E-state index in [-0.39, 0.29) is 5.91 Å². The van der Waals surface area contributed by atoms with Crippen molar-refractivity contribution in [3.05, 3.63) is 22.2 Å². The van der Waals surface area contributed by atoms with Crippen molar-refractivity contribution < 1.29 is 4.79 Å². The number of carbonyl (C=O) groups excluding carboxylic acids is 1. The van der Waals surface area contributed by atoms with E-state index >= 15 is 0 Å². The molecule has 22 heavy (non-hydrogen) atoms. The zero-order valence-corrected chi connectivity index (χ0v) is 15.4. The Morgan fingerprint density at radius 1 is 1.18 bits per heavy atom. The fourth-order valence-corrected chi connectivity index (χ4v) is 4.21. The second-order valence-corrected chi connectivity index (χ2v) is 7.48. The van der Waals surface area contributed by atoms with Gasteiger partial charge in [0.1, 0.15) is 0 Å². The van der Waals surface area contributed by atoms with Crippen molar-refractivity contribution in [2.45, 2.75) is 39.3 Å². The largest absolute Gasteiger partial charge is 0.367 e. The van der Waals surface area contributed by atoms with Crippen LogP contribution in [-0.4, -0.2) is 49.6 Å². The number of benzene rings is 1. The summed E-state index contributed by atoms with van der Waals surface area (Å²) in [7, 11) is 2.20. The Bertz CT molecular complexity index is 592. The Labute approximate surface area is 141 Å². The van der Waals surface area contributed by atoms with Gasteiger partial charge in [0.25, 0.3) is 0 Å². The van der Waals surface area contributed by atoms with E-state index in [0.29, 0.717) is 12.1 Å². The van der Waals surface area contributed by atoms with Gasteiger partial charge in [0.2, 0.25) is 5.91 Å². The number of carbonyl (C=O) groups is 1. The van der Waals surface area contributed by atoms with Crippen LogP contribution in [0.1, 0.15) is 26.3 Å². The highest BCUT2D eigenvalue weighted by molar-refractivity contribution is 9.10. The van der Waals surface area contributed by atoms with Crippen LogP contribution in [0.5, 0.6) is 0 Å². The normalized spacial score (nSPS) is 25.5. The lowest BCUT2D eigenvalue weighted by Crippen LogP contribution is -2.55. The summed E-state index contributed by atoms with van der Waals surface area (Å²) in [6.07, 6.45) is 0.948. The predicted octanol–water partition coefficient (Wildman–Crippen LogP) is 2.89. The van der Waals surface area contributed by atoms with Gasteiger partial charge < -0.3 is 9.80 Å². The van der Waals surface area contributed by atoms with E-state index in [1.807, 2.05) is 4.90 Å². The maximum absolute atomic E-state index is 11.8. The molecule has 5 heteroatoms. The molecule has 2 heterocycles. The molecule has 2 aliphatic rings. The van der Waals surface area contributed by atoms with Gasteiger partial charge in [0.15, 0.2) is 0 Å². The van der Waals surface area contributed by atoms with Crippen LogP contribution in [0.4, 0.5) is 11.4 Å². The number of hydrogen-bond acceptors (Lipinski definition) is 3. The lowest BCUT2D eigenvalue weighted by molar-refractivity contribution is -0.116. The summed E-state index contributed by atoms with van der Waals surface area (Å²) in [5.74, 6) is 0.132. The average Bonchev–Trinajstić information content (AvgIpc) is 2.86. The smallest absolute Gasteiger partial charge is 0.223 e. The highest BCUT2D eigenvalue weighted by atomic mass is 79.9. The SMILES string of the molecule is CC(=O)N1CCc2cc(Br)c(N3C[C@@H](C)N(C)[C@@H](C)C3)cc21. The molecule has 120 valence electrons. The summed E-state index contributed by atoms with van der Waals surface area (Å²) in [6.45, 7) is 9.02. The quantitative estimate of drug-likeness (QED) is 0.765. The van der Waals surface area contributed by atoms with Gasteiger partial charge in [0.05, 0.1) is 5.69 Å². The first-order chi connectivity index (χ1) is 10.4. The summed E-state index contributed by atoms with van der Waals surface area (Å²) < 4.78 is 1.14. The summed E-state index contributed by atoms with van der Waals surface area (Å²) in [5, 5.41) is 0. The van der Waals surface area contributed by atoms with Gasteiger partial charge in [-0.1, -0.05) is 0 Å². The molecule has 0 bridgehead atoms. The molecule has 0 aromatic heterocycles. The van der Waals surface area contributed by atoms with E-state index in [0.717, 1.165) is 36.2 Å². The molecule has 2 atom stereocenters. The molecule has 0 N–H and O–H groups in total. The lowest BCUT2D eigenvalue weighted by atomic mass is 10.1. The van der Waals surface area contributed by atoms with E-state index in [9.17, 15) is 4.79 Å². The molecule has 0 spiro atoms. The van der Waals surface area contributed by atoms with Crippen molar-refractivity contribution in [1.82, 2.24) is 4.90 Å². The first-order valence-corrected chi connectivity index (χ1v) is 8.75. The Morgan fingerprint density at radius 2 is 1.82 bits per heavy atom. The molecule has 1 amide bonds. The highest BCUT2D eigenvalue weighted by Crippen LogP contribution is 2.38. The first-order valence-electron chi connectivity index (χ1n) is 7.96. The molecule has 1 fully saturated rings. The standard InChI is InChI=1S/C17H24BrN3O/c1-11-9-20(10-12(2)19(11)4)17-8-16-14(7-15(17)18)5-6-21(16)13(3)22/h7-8,11-12H,5-6,9-10H2,1-4H3/t11-,12+. The van der Waals surface area contributed by atoms with Gasteiger partial charge in [-0.3, -0.25) is 9.69 Å². The average molecular weight is 366 g/mol. The number of anilines is 2. The minimum absolute atomic E-state index is 0.132. The third-order valence-electron chi connectivity index (χ3n) is 5.12. The molecule has 2 aliphatic heterocycles. The van der Waals surface area contributed by atoms with Gasteiger partial charge in [0, 0.05) is 48.8 Å². The molecule has 1 aromatic carbocycles. The van der Waals surface area contributed by atoms with Crippen LogP contribution in [-0.2, 0) is 11.2 Å². The van der Waals surface area contributed by atoms with Crippen LogP contribution in [0.2, 0.25) is 0 Å². The molecule has 1 aromatic rings. The number of halogens is 1. The minimum atomic E-state index is 0.132. The van der Waals surface area contributed by atoms with Crippen molar-refractivity contribution in [2.24, 2.45) is 0 Å². The van der Waals surface area contributed by atoms with Gasteiger partial charge in [-0.15, -0.1) is 0 Å². The van der Waals surface area contributed by atoms with Gasteiger partial charge in [-0.25, -0.2) is 0 Å². The van der Waals surface area contributed by atoms with Crippen LogP contribution >= 0.6 is 15.9 Å². The molecule has 0 radical (unpaired) electrons. The Kier molecular flexibility index (Phi) is 4.21. The van der Waals surface area contributed by atoms with Gasteiger partial charge in [-0.05, 0) is 60.9 Å². The van der Waals surface area contributed by atoms with Crippen molar-refractivity contribution >= 4 is 33.2 Å². The molecule has 4 nitrogen and oxygen atoms in total. The number of amides is 1. The number of nitrogens with zero attached hydrogens (tertiary/aromatic N) is 3. The molecule has 0 saturated carbocycles. The number of piperazine rings is 1. The molecular weight excluding hydrogens is 342 g/mol. The van der Waals surface area contributed by atoms with Crippen LogP contribution < -0.4 is 9.80 Å². The zero-order chi connectivity index (χ0) is 16.0. The number of likely N-dealkylation sites (N-methyl/N-ethyl adjacent to an activating group) is 1. The van der Waals surface area contributed by atoms with Crippen LogP contribution in [0.25, 0.3) is 0 Å². The second kappa shape index (κ2) is 5.85. The van der Waals surface area contributed by atoms with Crippen molar-refractivity contribution in [3.63, 3.8) is 0 Å². The first kappa shape index (κ1) is 15.8. The van der Waals surface area contributed by atoms with Crippen LogP contribution in [0, 0.1) is 0 Å². The van der Waals surface area contributed by atoms with Crippen LogP contribution in [0.15, 0.2) is 16.6 Å². The summed E-state index contributed by atoms with van der Waals surface area (Å²) in [6, 6.07) is 5.43. The zero-order valence-electron chi connectivity index (χ0n) is 13.8. The summed E-state index contributed by atoms with van der Waals surface area (Å²) in [5.41, 5.74) is 3.56. The van der Waals surface area contributed by atoms with Gasteiger partial charge >= 0.3 is 0 Å². The molecule has 0 aliphatic carbocycles. The molecular formula is C17H24BrN3O. The monoisotopic (exact) mass is 365 g/mol. The van der Waals surface area contributed by atoms with Gasteiger partial charge in [-0.2, -0.15) is 0 Å². The maximum Gasteiger partial charge on any atom is 0.223 e. The van der Waals surface area contributed by atoms with Crippen molar-refractivity contribution in [3.8, 4) is 0 Å². The number of hydrogen-bond donors (Lipinski definition) is 0. The van der Waals surface area contributed by atoms with E-state index in [1.54, 1.807) is 6.92 Å². The van der Waals surface area contributed by atoms with Crippen molar-refractivity contribution in [2.75, 3.05) is 36.5 Å². The summed E-state index contributed by atoms with van der Waals surface area (Å²) in [4.78, 5) is 18.6. The predicted molar refractivity (Wildman–Crippen MR) is 94.8 cm³/mol. The maximum atomic E-state index is 11.8. The Balaban J connectivity index is 1.95. The van der Waals surface area contributed by atoms with E-state index in [2.05, 4.69) is 58.8 Å². The molecule has 3 rings (SSSR count). The second-order valence-electron chi connectivity index (χ2n) is 6.62. The van der Waals surface area contributed by atoms with Crippen LogP contribution in [0.3, 0.4) is 0 Å². The fourth-order valence-electron chi connectivity index (χ4n) is 3.57. The highest BCUT2D eigenvalue weighted by Gasteiger charge is 2.30. The third kappa shape index (κ3) is 2.65. The van der Waals surface area contributed by atoms with Crippen molar-refractivity contribution in [1.29, 1.82) is 0 Å². The Morgan fingerprint density at radius 3 is 2.41 bits per heavy atom.